The van der Waals surface area contributed by atoms with Crippen LogP contribution in [0.3, 0.4) is 0 Å². The van der Waals surface area contributed by atoms with E-state index < -0.39 is 0 Å². The standard InChI is InChI=1S/C13H14ClN3/c1-8(2)11-12(16-7-17-13(11)14)10-4-5-15-9(3)6-10/h4-8H,1-3H3. The fraction of sp³-hybridized carbons (Fsp3) is 0.308. The molecule has 2 aromatic heterocycles. The van der Waals surface area contributed by atoms with E-state index in [1.165, 1.54) is 6.33 Å². The molecule has 2 heterocycles. The summed E-state index contributed by atoms with van der Waals surface area (Å²) in [5.41, 5.74) is 3.88. The Labute approximate surface area is 106 Å². The first-order chi connectivity index (χ1) is 8.09. The highest BCUT2D eigenvalue weighted by molar-refractivity contribution is 6.30. The van der Waals surface area contributed by atoms with Gasteiger partial charge in [-0.2, -0.15) is 0 Å². The van der Waals surface area contributed by atoms with Gasteiger partial charge in [-0.25, -0.2) is 9.97 Å². The maximum atomic E-state index is 6.15. The molecule has 0 N–H and O–H groups in total. The molecule has 0 atom stereocenters. The predicted molar refractivity (Wildman–Crippen MR) is 69.1 cm³/mol. The van der Waals surface area contributed by atoms with Crippen LogP contribution in [0.5, 0.6) is 0 Å². The lowest BCUT2D eigenvalue weighted by Gasteiger charge is -2.12. The molecule has 3 nitrogen and oxygen atoms in total. The van der Waals surface area contributed by atoms with Crippen molar-refractivity contribution in [3.05, 3.63) is 41.1 Å². The van der Waals surface area contributed by atoms with Crippen molar-refractivity contribution in [2.45, 2.75) is 26.7 Å². The van der Waals surface area contributed by atoms with Crippen molar-refractivity contribution < 1.29 is 0 Å². The Morgan fingerprint density at radius 3 is 2.59 bits per heavy atom. The lowest BCUT2D eigenvalue weighted by Crippen LogP contribution is -1.99. The topological polar surface area (TPSA) is 38.7 Å². The highest BCUT2D eigenvalue weighted by atomic mass is 35.5. The summed E-state index contributed by atoms with van der Waals surface area (Å²) in [6.07, 6.45) is 3.28. The normalized spacial score (nSPS) is 10.9. The molecule has 0 amide bonds. The van der Waals surface area contributed by atoms with Gasteiger partial charge in [-0.15, -0.1) is 0 Å². The minimum Gasteiger partial charge on any atom is -0.262 e. The van der Waals surface area contributed by atoms with E-state index in [4.69, 9.17) is 11.6 Å². The first-order valence-corrected chi connectivity index (χ1v) is 5.91. The lowest BCUT2D eigenvalue weighted by molar-refractivity contribution is 0.849. The van der Waals surface area contributed by atoms with E-state index in [0.717, 1.165) is 22.5 Å². The van der Waals surface area contributed by atoms with E-state index in [9.17, 15) is 0 Å². The molecule has 0 aliphatic rings. The molecule has 4 heteroatoms. The number of rotatable bonds is 2. The maximum absolute atomic E-state index is 6.15. The number of aromatic nitrogens is 3. The molecular formula is C13H14ClN3. The molecule has 0 aliphatic carbocycles. The highest BCUT2D eigenvalue weighted by Gasteiger charge is 2.14. The van der Waals surface area contributed by atoms with Gasteiger partial charge in [0, 0.05) is 23.0 Å². The Balaban J connectivity index is 2.63. The third-order valence-electron chi connectivity index (χ3n) is 2.58. The number of aryl methyl sites for hydroxylation is 1. The third kappa shape index (κ3) is 2.44. The molecule has 0 spiro atoms. The third-order valence-corrected chi connectivity index (χ3v) is 2.88. The molecule has 88 valence electrons. The molecule has 0 unspecified atom stereocenters. The van der Waals surface area contributed by atoms with Gasteiger partial charge in [-0.1, -0.05) is 25.4 Å². The molecule has 0 saturated heterocycles. The zero-order valence-corrected chi connectivity index (χ0v) is 10.9. The van der Waals surface area contributed by atoms with Crippen molar-refractivity contribution in [1.29, 1.82) is 0 Å². The molecule has 0 aromatic carbocycles. The van der Waals surface area contributed by atoms with Crippen LogP contribution in [0.4, 0.5) is 0 Å². The van der Waals surface area contributed by atoms with Crippen LogP contribution < -0.4 is 0 Å². The van der Waals surface area contributed by atoms with Crippen molar-refractivity contribution in [1.82, 2.24) is 15.0 Å². The fourth-order valence-electron chi connectivity index (χ4n) is 1.81. The van der Waals surface area contributed by atoms with Gasteiger partial charge < -0.3 is 0 Å². The lowest BCUT2D eigenvalue weighted by atomic mass is 9.99. The number of pyridine rings is 1. The predicted octanol–water partition coefficient (Wildman–Crippen LogP) is 3.62. The maximum Gasteiger partial charge on any atom is 0.136 e. The van der Waals surface area contributed by atoms with Crippen molar-refractivity contribution >= 4 is 11.6 Å². The minimum absolute atomic E-state index is 0.284. The zero-order valence-electron chi connectivity index (χ0n) is 10.1. The average molecular weight is 248 g/mol. The Morgan fingerprint density at radius 1 is 1.18 bits per heavy atom. The molecule has 2 rings (SSSR count). The van der Waals surface area contributed by atoms with Crippen LogP contribution in [0.15, 0.2) is 24.7 Å². The number of hydrogen-bond donors (Lipinski definition) is 0. The SMILES string of the molecule is Cc1cc(-c2ncnc(Cl)c2C(C)C)ccn1. The van der Waals surface area contributed by atoms with Crippen molar-refractivity contribution in [2.24, 2.45) is 0 Å². The number of halogens is 1. The van der Waals surface area contributed by atoms with Crippen LogP contribution in [-0.2, 0) is 0 Å². The van der Waals surface area contributed by atoms with Gasteiger partial charge in [0.2, 0.25) is 0 Å². The van der Waals surface area contributed by atoms with Gasteiger partial charge in [0.05, 0.1) is 5.69 Å². The summed E-state index contributed by atoms with van der Waals surface area (Å²) in [5, 5.41) is 0.527. The Morgan fingerprint density at radius 2 is 1.94 bits per heavy atom. The zero-order chi connectivity index (χ0) is 12.4. The highest BCUT2D eigenvalue weighted by Crippen LogP contribution is 2.31. The van der Waals surface area contributed by atoms with Crippen LogP contribution >= 0.6 is 11.6 Å². The first kappa shape index (κ1) is 12.0. The first-order valence-electron chi connectivity index (χ1n) is 5.53. The summed E-state index contributed by atoms with van der Waals surface area (Å²) in [6, 6.07) is 3.95. The fourth-order valence-corrected chi connectivity index (χ4v) is 2.16. The summed E-state index contributed by atoms with van der Waals surface area (Å²) >= 11 is 6.15. The summed E-state index contributed by atoms with van der Waals surface area (Å²) in [6.45, 7) is 6.13. The largest absolute Gasteiger partial charge is 0.262 e. The molecule has 0 radical (unpaired) electrons. The van der Waals surface area contributed by atoms with Gasteiger partial charge in [-0.05, 0) is 25.0 Å². The van der Waals surface area contributed by atoms with Crippen LogP contribution in [0, 0.1) is 6.92 Å². The van der Waals surface area contributed by atoms with Gasteiger partial charge in [0.1, 0.15) is 11.5 Å². The molecule has 0 fully saturated rings. The van der Waals surface area contributed by atoms with Crippen molar-refractivity contribution in [3.8, 4) is 11.3 Å². The van der Waals surface area contributed by atoms with E-state index in [-0.39, 0.29) is 5.92 Å². The molecule has 2 aromatic rings. The molecule has 0 aliphatic heterocycles. The van der Waals surface area contributed by atoms with Crippen LogP contribution in [-0.4, -0.2) is 15.0 Å². The van der Waals surface area contributed by atoms with Crippen molar-refractivity contribution in [2.75, 3.05) is 0 Å². The molecule has 0 bridgehead atoms. The second kappa shape index (κ2) is 4.80. The Hall–Kier alpha value is -1.48. The summed E-state index contributed by atoms with van der Waals surface area (Å²) in [5.74, 6) is 0.284. The number of hydrogen-bond acceptors (Lipinski definition) is 3. The molecule has 0 saturated carbocycles. The molecular weight excluding hydrogens is 234 g/mol. The monoisotopic (exact) mass is 247 g/mol. The van der Waals surface area contributed by atoms with Gasteiger partial charge in [-0.3, -0.25) is 4.98 Å². The number of nitrogens with zero attached hydrogens (tertiary/aromatic N) is 3. The van der Waals surface area contributed by atoms with Crippen LogP contribution in [0.1, 0.15) is 31.0 Å². The Kier molecular flexibility index (Phi) is 3.38. The van der Waals surface area contributed by atoms with Crippen LogP contribution in [0.25, 0.3) is 11.3 Å². The van der Waals surface area contributed by atoms with Gasteiger partial charge >= 0.3 is 0 Å². The summed E-state index contributed by atoms with van der Waals surface area (Å²) < 4.78 is 0. The van der Waals surface area contributed by atoms with Crippen molar-refractivity contribution in [3.63, 3.8) is 0 Å². The van der Waals surface area contributed by atoms with Crippen LogP contribution in [0.2, 0.25) is 5.15 Å². The van der Waals surface area contributed by atoms with Gasteiger partial charge in [0.15, 0.2) is 0 Å². The second-order valence-electron chi connectivity index (χ2n) is 4.27. The summed E-state index contributed by atoms with van der Waals surface area (Å²) in [4.78, 5) is 12.6. The van der Waals surface area contributed by atoms with E-state index in [0.29, 0.717) is 5.15 Å². The smallest absolute Gasteiger partial charge is 0.136 e. The molecule has 17 heavy (non-hydrogen) atoms. The average Bonchev–Trinajstić information content (AvgIpc) is 2.28. The quantitative estimate of drug-likeness (QED) is 0.761. The minimum atomic E-state index is 0.284. The van der Waals surface area contributed by atoms with Gasteiger partial charge in [0.25, 0.3) is 0 Å². The van der Waals surface area contributed by atoms with E-state index in [1.807, 2.05) is 19.1 Å². The summed E-state index contributed by atoms with van der Waals surface area (Å²) in [7, 11) is 0. The van der Waals surface area contributed by atoms with E-state index >= 15 is 0 Å². The van der Waals surface area contributed by atoms with E-state index in [2.05, 4.69) is 28.8 Å². The Bertz CT molecular complexity index is 538. The second-order valence-corrected chi connectivity index (χ2v) is 4.63. The van der Waals surface area contributed by atoms with E-state index in [1.54, 1.807) is 6.20 Å².